The molecule has 0 amide bonds. The predicted molar refractivity (Wildman–Crippen MR) is 83.4 cm³/mol. The van der Waals surface area contributed by atoms with Crippen LogP contribution in [0.4, 0.5) is 4.39 Å². The molecule has 2 aromatic rings. The van der Waals surface area contributed by atoms with Gasteiger partial charge in [-0.05, 0) is 60.5 Å². The molecule has 0 saturated carbocycles. The molecule has 112 valence electrons. The summed E-state index contributed by atoms with van der Waals surface area (Å²) in [5.74, 6) is 0.219. The van der Waals surface area contributed by atoms with Crippen LogP contribution in [0.1, 0.15) is 25.0 Å². The lowest BCUT2D eigenvalue weighted by Crippen LogP contribution is -2.15. The molecule has 0 spiro atoms. The highest BCUT2D eigenvalue weighted by Gasteiger charge is 2.19. The number of hydrogen-bond acceptors (Lipinski definition) is 3. The van der Waals surface area contributed by atoms with Crippen molar-refractivity contribution in [2.75, 3.05) is 0 Å². The van der Waals surface area contributed by atoms with Crippen LogP contribution >= 0.6 is 27.5 Å². The Morgan fingerprint density at radius 1 is 1.33 bits per heavy atom. The van der Waals surface area contributed by atoms with Gasteiger partial charge in [0.05, 0.1) is 15.1 Å². The first-order chi connectivity index (χ1) is 9.68. The molecule has 1 aromatic heterocycles. The SMILES string of the molecule is Cc1cc(F)cc(Cl)c1Oc1ncc(C(C)(C)O)cc1Br. The Bertz CT molecular complexity index is 663. The normalized spacial score (nSPS) is 11.6. The molecule has 0 fully saturated rings. The standard InChI is InChI=1S/C15H14BrClFNO2/c1-8-4-10(18)6-12(17)13(8)21-14-11(16)5-9(7-19-14)15(2,3)20/h4-7,20H,1-3H3. The van der Waals surface area contributed by atoms with E-state index >= 15 is 0 Å². The Kier molecular flexibility index (Phi) is 4.56. The van der Waals surface area contributed by atoms with Crippen LogP contribution in [-0.2, 0) is 5.60 Å². The van der Waals surface area contributed by atoms with E-state index in [4.69, 9.17) is 16.3 Å². The van der Waals surface area contributed by atoms with E-state index in [2.05, 4.69) is 20.9 Å². The number of nitrogens with zero attached hydrogens (tertiary/aromatic N) is 1. The van der Waals surface area contributed by atoms with Crippen LogP contribution in [0.3, 0.4) is 0 Å². The lowest BCUT2D eigenvalue weighted by atomic mass is 10.0. The zero-order valence-electron chi connectivity index (χ0n) is 11.7. The molecule has 0 aliphatic heterocycles. The summed E-state index contributed by atoms with van der Waals surface area (Å²) >= 11 is 9.34. The van der Waals surface area contributed by atoms with Crippen molar-refractivity contribution in [3.8, 4) is 11.6 Å². The summed E-state index contributed by atoms with van der Waals surface area (Å²) in [6.45, 7) is 5.03. The fraction of sp³-hybridized carbons (Fsp3) is 0.267. The minimum absolute atomic E-state index is 0.174. The summed E-state index contributed by atoms with van der Waals surface area (Å²) in [7, 11) is 0. The fourth-order valence-electron chi connectivity index (χ4n) is 1.75. The van der Waals surface area contributed by atoms with Gasteiger partial charge in [0.25, 0.3) is 0 Å². The summed E-state index contributed by atoms with van der Waals surface area (Å²) < 4.78 is 19.4. The Morgan fingerprint density at radius 2 is 2.00 bits per heavy atom. The molecular weight excluding hydrogens is 361 g/mol. The summed E-state index contributed by atoms with van der Waals surface area (Å²) in [5, 5.41) is 10.1. The molecule has 0 radical (unpaired) electrons. The number of aryl methyl sites for hydroxylation is 1. The van der Waals surface area contributed by atoms with Crippen LogP contribution < -0.4 is 4.74 Å². The second-order valence-corrected chi connectivity index (χ2v) is 6.47. The van der Waals surface area contributed by atoms with Crippen molar-refractivity contribution in [2.45, 2.75) is 26.4 Å². The van der Waals surface area contributed by atoms with Crippen LogP contribution in [-0.4, -0.2) is 10.1 Å². The number of ether oxygens (including phenoxy) is 1. The van der Waals surface area contributed by atoms with Crippen molar-refractivity contribution in [3.05, 3.63) is 50.8 Å². The maximum atomic E-state index is 13.2. The van der Waals surface area contributed by atoms with E-state index in [9.17, 15) is 9.50 Å². The van der Waals surface area contributed by atoms with E-state index in [1.807, 2.05) is 0 Å². The van der Waals surface area contributed by atoms with Gasteiger partial charge in [-0.25, -0.2) is 9.37 Å². The van der Waals surface area contributed by atoms with Gasteiger partial charge < -0.3 is 9.84 Å². The Labute approximate surface area is 135 Å². The third-order valence-electron chi connectivity index (χ3n) is 2.91. The van der Waals surface area contributed by atoms with E-state index in [1.165, 1.54) is 18.3 Å². The van der Waals surface area contributed by atoms with Crippen LogP contribution in [0.5, 0.6) is 11.6 Å². The smallest absolute Gasteiger partial charge is 0.233 e. The van der Waals surface area contributed by atoms with Gasteiger partial charge in [0, 0.05) is 11.8 Å². The summed E-state index contributed by atoms with van der Waals surface area (Å²) in [5.41, 5.74) is 0.209. The zero-order valence-corrected chi connectivity index (χ0v) is 14.1. The highest BCUT2D eigenvalue weighted by atomic mass is 79.9. The number of halogens is 3. The average Bonchev–Trinajstić information content (AvgIpc) is 2.33. The average molecular weight is 375 g/mol. The molecule has 0 aliphatic rings. The second kappa shape index (κ2) is 5.91. The van der Waals surface area contributed by atoms with Gasteiger partial charge in [-0.1, -0.05) is 11.6 Å². The number of benzene rings is 1. The Morgan fingerprint density at radius 3 is 2.52 bits per heavy atom. The van der Waals surface area contributed by atoms with Crippen molar-refractivity contribution >= 4 is 27.5 Å². The second-order valence-electron chi connectivity index (χ2n) is 5.21. The van der Waals surface area contributed by atoms with Crippen LogP contribution in [0.2, 0.25) is 5.02 Å². The molecule has 3 nitrogen and oxygen atoms in total. The third-order valence-corrected chi connectivity index (χ3v) is 3.76. The fourth-order valence-corrected chi connectivity index (χ4v) is 2.47. The third kappa shape index (κ3) is 3.73. The molecule has 0 unspecified atom stereocenters. The van der Waals surface area contributed by atoms with E-state index in [1.54, 1.807) is 26.8 Å². The molecule has 1 heterocycles. The predicted octanol–water partition coefficient (Wildman–Crippen LogP) is 4.96. The van der Waals surface area contributed by atoms with Crippen molar-refractivity contribution in [3.63, 3.8) is 0 Å². The van der Waals surface area contributed by atoms with Crippen molar-refractivity contribution < 1.29 is 14.2 Å². The zero-order chi connectivity index (χ0) is 15.8. The maximum Gasteiger partial charge on any atom is 0.233 e. The van der Waals surface area contributed by atoms with Gasteiger partial charge in [0.2, 0.25) is 5.88 Å². The van der Waals surface area contributed by atoms with Crippen LogP contribution in [0.25, 0.3) is 0 Å². The summed E-state index contributed by atoms with van der Waals surface area (Å²) in [6.07, 6.45) is 1.52. The van der Waals surface area contributed by atoms with Crippen molar-refractivity contribution in [2.24, 2.45) is 0 Å². The molecule has 0 atom stereocenters. The van der Waals surface area contributed by atoms with Crippen molar-refractivity contribution in [1.29, 1.82) is 0 Å². The molecule has 2 rings (SSSR count). The van der Waals surface area contributed by atoms with Gasteiger partial charge in [-0.2, -0.15) is 0 Å². The number of rotatable bonds is 3. The lowest BCUT2D eigenvalue weighted by molar-refractivity contribution is 0.0781. The van der Waals surface area contributed by atoms with Gasteiger partial charge in [0.15, 0.2) is 5.75 Å². The maximum absolute atomic E-state index is 13.2. The summed E-state index contributed by atoms with van der Waals surface area (Å²) in [6, 6.07) is 4.23. The minimum atomic E-state index is -1.00. The molecule has 0 aliphatic carbocycles. The molecule has 6 heteroatoms. The van der Waals surface area contributed by atoms with E-state index in [-0.39, 0.29) is 5.02 Å². The topological polar surface area (TPSA) is 42.4 Å². The van der Waals surface area contributed by atoms with Gasteiger partial charge in [-0.15, -0.1) is 0 Å². The minimum Gasteiger partial charge on any atom is -0.436 e. The van der Waals surface area contributed by atoms with E-state index < -0.39 is 11.4 Å². The molecule has 0 saturated heterocycles. The molecular formula is C15H14BrClFNO2. The van der Waals surface area contributed by atoms with E-state index in [0.717, 1.165) is 0 Å². The van der Waals surface area contributed by atoms with Gasteiger partial charge in [-0.3, -0.25) is 0 Å². The molecule has 1 aromatic carbocycles. The number of aliphatic hydroxyl groups is 1. The lowest BCUT2D eigenvalue weighted by Gasteiger charge is -2.18. The monoisotopic (exact) mass is 373 g/mol. The highest BCUT2D eigenvalue weighted by molar-refractivity contribution is 9.10. The van der Waals surface area contributed by atoms with Crippen molar-refractivity contribution in [1.82, 2.24) is 4.98 Å². The molecule has 21 heavy (non-hydrogen) atoms. The first kappa shape index (κ1) is 16.2. The Hall–Kier alpha value is -1.17. The first-order valence-electron chi connectivity index (χ1n) is 6.20. The number of aromatic nitrogens is 1. The van der Waals surface area contributed by atoms with E-state index in [0.29, 0.717) is 27.2 Å². The first-order valence-corrected chi connectivity index (χ1v) is 7.37. The quantitative estimate of drug-likeness (QED) is 0.825. The van der Waals surface area contributed by atoms with Crippen LogP contribution in [0, 0.1) is 12.7 Å². The van der Waals surface area contributed by atoms with Crippen LogP contribution in [0.15, 0.2) is 28.9 Å². The Balaban J connectivity index is 2.37. The van der Waals surface area contributed by atoms with Gasteiger partial charge >= 0.3 is 0 Å². The number of pyridine rings is 1. The largest absolute Gasteiger partial charge is 0.436 e. The highest BCUT2D eigenvalue weighted by Crippen LogP contribution is 2.36. The summed E-state index contributed by atoms with van der Waals surface area (Å²) in [4.78, 5) is 4.16. The van der Waals surface area contributed by atoms with Gasteiger partial charge in [0.1, 0.15) is 5.82 Å². The molecule has 1 N–H and O–H groups in total. The molecule has 0 bridgehead atoms. The number of hydrogen-bond donors (Lipinski definition) is 1.